The molecule has 0 aromatic carbocycles. The summed E-state index contributed by atoms with van der Waals surface area (Å²) in [5.41, 5.74) is 0. The molecular weight excluding hydrogens is 365 g/mol. The van der Waals surface area contributed by atoms with E-state index in [1.165, 1.54) is 0 Å². The summed E-state index contributed by atoms with van der Waals surface area (Å²) >= 11 is 0. The predicted molar refractivity (Wildman–Crippen MR) is 96.7 cm³/mol. The van der Waals surface area contributed by atoms with E-state index in [4.69, 9.17) is 12.5 Å². The largest absolute Gasteiger partial charge is 0.309 e. The second kappa shape index (κ2) is 6.97. The summed E-state index contributed by atoms with van der Waals surface area (Å²) in [4.78, 5) is 0. The molecule has 0 N–H and O–H groups in total. The number of hydrogen-bond acceptors (Lipinski definition) is 8. The van der Waals surface area contributed by atoms with Gasteiger partial charge in [-0.25, -0.2) is 0 Å². The van der Waals surface area contributed by atoms with Gasteiger partial charge in [0.2, 0.25) is 0 Å². The Bertz CT molecular complexity index is 257. The first-order valence-corrected chi connectivity index (χ1v) is 17.2. The van der Waals surface area contributed by atoms with Gasteiger partial charge in [-0.3, -0.25) is 0 Å². The maximum absolute atomic E-state index is 6.34. The number of rotatable bonds is 7. The monoisotopic (exact) mass is 384 g/mol. The van der Waals surface area contributed by atoms with Crippen LogP contribution in [-0.4, -0.2) is 33.4 Å². The van der Waals surface area contributed by atoms with E-state index < -0.39 is 7.62 Å². The molecule has 0 spiro atoms. The summed E-state index contributed by atoms with van der Waals surface area (Å²) in [6, 6.07) is 0. The molecule has 0 saturated carbocycles. The molecule has 1 aliphatic heterocycles. The molecule has 1 heterocycles. The van der Waals surface area contributed by atoms with Gasteiger partial charge < -0.3 is 12.5 Å². The minimum Gasteiger partial charge on any atom is -0.309 e. The van der Waals surface area contributed by atoms with Gasteiger partial charge in [0.25, 0.3) is 7.82 Å². The van der Waals surface area contributed by atoms with Gasteiger partial charge in [0.1, 0.15) is 0 Å². The van der Waals surface area contributed by atoms with Crippen LogP contribution in [0, 0.1) is 0 Å². The summed E-state index contributed by atoms with van der Waals surface area (Å²) in [5, 5.41) is 0. The maximum Gasteiger partial charge on any atom is 0.278 e. The van der Waals surface area contributed by atoms with Crippen LogP contribution in [0.15, 0.2) is 0 Å². The summed E-state index contributed by atoms with van der Waals surface area (Å²) in [6.45, 7) is 10.0. The zero-order valence-electron chi connectivity index (χ0n) is 11.0. The molecule has 10 heteroatoms. The Kier molecular flexibility index (Phi) is 7.07. The zero-order chi connectivity index (χ0) is 13.6. The van der Waals surface area contributed by atoms with Gasteiger partial charge in [-0.1, -0.05) is 17.2 Å². The van der Waals surface area contributed by atoms with Gasteiger partial charge in [-0.05, 0) is 48.0 Å². The SMILES string of the molecule is CCOS1(CC)(OCC)(OCC)[Si]SSSSS1. The standard InChI is InChI=1S/C8H20O3S6Si/c1-5-9-17(8-4,10-6-2,11-7-3)15-13-12-14-16-18-17/h5-8H2,1-4H3. The molecule has 0 bridgehead atoms. The molecule has 0 amide bonds. The topological polar surface area (TPSA) is 27.7 Å². The first kappa shape index (κ1) is 18.2. The van der Waals surface area contributed by atoms with E-state index in [1.807, 2.05) is 31.0 Å². The maximum atomic E-state index is 6.34. The molecule has 0 unspecified atom stereocenters. The van der Waals surface area contributed by atoms with Gasteiger partial charge in [0.05, 0.1) is 19.8 Å². The molecule has 0 aromatic rings. The molecule has 0 atom stereocenters. The van der Waals surface area contributed by atoms with Crippen LogP contribution < -0.4 is 0 Å². The molecule has 110 valence electrons. The second-order valence-corrected chi connectivity index (χ2v) is 25.0. The van der Waals surface area contributed by atoms with Gasteiger partial charge in [0, 0.05) is 25.4 Å². The van der Waals surface area contributed by atoms with E-state index in [0.29, 0.717) is 27.6 Å². The Morgan fingerprint density at radius 1 is 0.833 bits per heavy atom. The van der Waals surface area contributed by atoms with Crippen LogP contribution >= 0.6 is 57.2 Å². The minimum atomic E-state index is -3.41. The lowest BCUT2D eigenvalue weighted by Gasteiger charge is -2.73. The summed E-state index contributed by atoms with van der Waals surface area (Å²) < 4.78 is 19.0. The second-order valence-electron chi connectivity index (χ2n) is 3.30. The fourth-order valence-electron chi connectivity index (χ4n) is 1.66. The number of hydrogen-bond donors (Lipinski definition) is 0. The molecule has 1 rings (SSSR count). The molecule has 2 radical (unpaired) electrons. The highest BCUT2D eigenvalue weighted by atomic mass is 33.9. The molecule has 18 heavy (non-hydrogen) atoms. The van der Waals surface area contributed by atoms with Crippen LogP contribution in [0.1, 0.15) is 27.7 Å². The average molecular weight is 385 g/mol. The van der Waals surface area contributed by atoms with E-state index in [1.54, 1.807) is 39.3 Å². The quantitative estimate of drug-likeness (QED) is 0.418. The van der Waals surface area contributed by atoms with Crippen molar-refractivity contribution in [2.75, 3.05) is 25.6 Å². The predicted octanol–water partition coefficient (Wildman–Crippen LogP) is 5.53. The van der Waals surface area contributed by atoms with Crippen LogP contribution in [0.3, 0.4) is 0 Å². The first-order valence-electron chi connectivity index (χ1n) is 5.72. The van der Waals surface area contributed by atoms with Crippen LogP contribution in [0.25, 0.3) is 0 Å². The van der Waals surface area contributed by atoms with Crippen molar-refractivity contribution in [2.24, 2.45) is 0 Å². The van der Waals surface area contributed by atoms with Gasteiger partial charge in [0.15, 0.2) is 0 Å². The van der Waals surface area contributed by atoms with E-state index in [2.05, 4.69) is 6.92 Å². The van der Waals surface area contributed by atoms with E-state index >= 15 is 0 Å². The van der Waals surface area contributed by atoms with Crippen molar-refractivity contribution in [3.8, 4) is 0 Å². The highest BCUT2D eigenvalue weighted by Crippen LogP contribution is 3.02. The molecule has 3 nitrogen and oxygen atoms in total. The molecular formula is C8H20O3S6Si. The minimum absolute atomic E-state index is 0.469. The Morgan fingerprint density at radius 3 is 1.83 bits per heavy atom. The van der Waals surface area contributed by atoms with E-state index in [0.717, 1.165) is 5.75 Å². The summed E-state index contributed by atoms with van der Waals surface area (Å²) in [5.74, 6) is 0.778. The normalized spacial score (nSPS) is 29.3. The van der Waals surface area contributed by atoms with Crippen LogP contribution in [0.2, 0.25) is 0 Å². The van der Waals surface area contributed by atoms with E-state index in [-0.39, 0.29) is 0 Å². The van der Waals surface area contributed by atoms with Gasteiger partial charge >= 0.3 is 0 Å². The Balaban J connectivity index is 3.30. The average Bonchev–Trinajstić information content (AvgIpc) is 2.54. The van der Waals surface area contributed by atoms with Crippen LogP contribution in [-0.2, 0) is 12.5 Å². The first-order chi connectivity index (χ1) is 8.56. The summed E-state index contributed by atoms with van der Waals surface area (Å²) in [7, 11) is 5.84. The van der Waals surface area contributed by atoms with Crippen LogP contribution in [0.5, 0.6) is 0 Å². The lowest BCUT2D eigenvalue weighted by Crippen LogP contribution is -2.45. The Labute approximate surface area is 130 Å². The van der Waals surface area contributed by atoms with Crippen LogP contribution in [0.4, 0.5) is 0 Å². The lowest BCUT2D eigenvalue weighted by atomic mass is 10.9. The fourth-order valence-corrected chi connectivity index (χ4v) is 44.0. The molecule has 0 aromatic heterocycles. The van der Waals surface area contributed by atoms with Crippen molar-refractivity contribution in [2.45, 2.75) is 27.7 Å². The van der Waals surface area contributed by atoms with Crippen molar-refractivity contribution in [1.29, 1.82) is 0 Å². The van der Waals surface area contributed by atoms with Crippen molar-refractivity contribution < 1.29 is 12.5 Å². The van der Waals surface area contributed by atoms with Gasteiger partial charge in [-0.2, -0.15) is 0 Å². The molecule has 1 aliphatic rings. The summed E-state index contributed by atoms with van der Waals surface area (Å²) in [6.07, 6.45) is 0. The third-order valence-corrected chi connectivity index (χ3v) is 34.7. The molecule has 0 aliphatic carbocycles. The van der Waals surface area contributed by atoms with Crippen molar-refractivity contribution in [3.63, 3.8) is 0 Å². The highest BCUT2D eigenvalue weighted by Gasteiger charge is 2.64. The van der Waals surface area contributed by atoms with Crippen molar-refractivity contribution >= 4 is 65.0 Å². The van der Waals surface area contributed by atoms with Gasteiger partial charge in [-0.15, -0.1) is 0 Å². The Morgan fingerprint density at radius 2 is 1.39 bits per heavy atom. The van der Waals surface area contributed by atoms with Crippen molar-refractivity contribution in [3.05, 3.63) is 0 Å². The highest BCUT2D eigenvalue weighted by molar-refractivity contribution is 9.55. The third-order valence-electron chi connectivity index (χ3n) is 2.34. The molecule has 1 saturated heterocycles. The fraction of sp³-hybridized carbons (Fsp3) is 1.00. The van der Waals surface area contributed by atoms with E-state index in [9.17, 15) is 0 Å². The smallest absolute Gasteiger partial charge is 0.278 e. The molecule has 1 fully saturated rings. The Hall–Kier alpha value is 2.20. The van der Waals surface area contributed by atoms with Crippen molar-refractivity contribution in [1.82, 2.24) is 0 Å². The lowest BCUT2D eigenvalue weighted by molar-refractivity contribution is 0.171. The third kappa shape index (κ3) is 3.33. The zero-order valence-corrected chi connectivity index (χ0v) is 16.9.